The van der Waals surface area contributed by atoms with E-state index in [1.807, 2.05) is 6.07 Å². The normalized spacial score (nSPS) is 10.4. The minimum absolute atomic E-state index is 0.268. The molecule has 0 amide bonds. The lowest BCUT2D eigenvalue weighted by Gasteiger charge is -2.15. The lowest BCUT2D eigenvalue weighted by Crippen LogP contribution is -2.09. The fourth-order valence-corrected chi connectivity index (χ4v) is 2.11. The summed E-state index contributed by atoms with van der Waals surface area (Å²) < 4.78 is 13.3. The summed E-state index contributed by atoms with van der Waals surface area (Å²) in [5.74, 6) is 1.32. The van der Waals surface area contributed by atoms with Crippen LogP contribution in [0, 0.1) is 5.82 Å². The van der Waals surface area contributed by atoms with E-state index in [0.717, 1.165) is 43.0 Å². The Hall–Kier alpha value is -2.17. The van der Waals surface area contributed by atoms with Crippen molar-refractivity contribution in [2.45, 2.75) is 33.1 Å². The monoisotopic (exact) mass is 288 g/mol. The molecule has 0 bridgehead atoms. The largest absolute Gasteiger partial charge is 0.370 e. The molecule has 5 heteroatoms. The Balaban J connectivity index is 2.28. The number of hydrogen-bond acceptors (Lipinski definition) is 4. The van der Waals surface area contributed by atoms with Gasteiger partial charge in [0.05, 0.1) is 0 Å². The van der Waals surface area contributed by atoms with Crippen LogP contribution in [0.25, 0.3) is 0 Å². The summed E-state index contributed by atoms with van der Waals surface area (Å²) in [5.41, 5.74) is 1.73. The minimum Gasteiger partial charge on any atom is -0.370 e. The van der Waals surface area contributed by atoms with Crippen LogP contribution in [-0.4, -0.2) is 16.5 Å². The molecule has 0 aliphatic rings. The smallest absolute Gasteiger partial charge is 0.139 e. The molecule has 2 rings (SSSR count). The van der Waals surface area contributed by atoms with E-state index in [1.54, 1.807) is 6.07 Å². The van der Waals surface area contributed by atoms with E-state index >= 15 is 0 Å². The van der Waals surface area contributed by atoms with Gasteiger partial charge in [-0.05, 0) is 31.0 Å². The summed E-state index contributed by atoms with van der Waals surface area (Å²) in [6.45, 7) is 5.09. The Labute approximate surface area is 124 Å². The van der Waals surface area contributed by atoms with Crippen molar-refractivity contribution in [3.63, 3.8) is 0 Å². The second-order valence-corrected chi connectivity index (χ2v) is 4.86. The Morgan fingerprint density at radius 2 is 1.90 bits per heavy atom. The Kier molecular flexibility index (Phi) is 5.49. The number of anilines is 3. The SMILES string of the molecule is CCCNc1ncnc(Nc2cccc(F)c2)c1CCC. The van der Waals surface area contributed by atoms with Gasteiger partial charge in [0.15, 0.2) is 0 Å². The molecule has 1 aromatic heterocycles. The van der Waals surface area contributed by atoms with Gasteiger partial charge in [0.25, 0.3) is 0 Å². The fraction of sp³-hybridized carbons (Fsp3) is 0.375. The molecule has 1 heterocycles. The first-order valence-corrected chi connectivity index (χ1v) is 7.35. The fourth-order valence-electron chi connectivity index (χ4n) is 2.11. The summed E-state index contributed by atoms with van der Waals surface area (Å²) in [5, 5.41) is 6.50. The van der Waals surface area contributed by atoms with Crippen molar-refractivity contribution in [2.75, 3.05) is 17.2 Å². The van der Waals surface area contributed by atoms with Crippen molar-refractivity contribution in [3.8, 4) is 0 Å². The molecule has 0 saturated carbocycles. The number of nitrogens with zero attached hydrogens (tertiary/aromatic N) is 2. The summed E-state index contributed by atoms with van der Waals surface area (Å²) >= 11 is 0. The number of halogens is 1. The van der Waals surface area contributed by atoms with Crippen LogP contribution in [0.5, 0.6) is 0 Å². The molecule has 0 unspecified atom stereocenters. The number of benzene rings is 1. The molecule has 0 saturated heterocycles. The van der Waals surface area contributed by atoms with Gasteiger partial charge in [0.2, 0.25) is 0 Å². The van der Waals surface area contributed by atoms with Crippen LogP contribution >= 0.6 is 0 Å². The van der Waals surface area contributed by atoms with Gasteiger partial charge in [0, 0.05) is 17.8 Å². The van der Waals surface area contributed by atoms with E-state index in [-0.39, 0.29) is 5.82 Å². The van der Waals surface area contributed by atoms with Crippen molar-refractivity contribution in [1.29, 1.82) is 0 Å². The number of hydrogen-bond donors (Lipinski definition) is 2. The van der Waals surface area contributed by atoms with Crippen molar-refractivity contribution in [2.24, 2.45) is 0 Å². The predicted octanol–water partition coefficient (Wildman–Crippen LogP) is 4.13. The maximum Gasteiger partial charge on any atom is 0.139 e. The molecule has 21 heavy (non-hydrogen) atoms. The second-order valence-electron chi connectivity index (χ2n) is 4.86. The number of nitrogens with one attached hydrogen (secondary N) is 2. The molecule has 0 aliphatic carbocycles. The average Bonchev–Trinajstić information content (AvgIpc) is 2.48. The van der Waals surface area contributed by atoms with Gasteiger partial charge in [-0.2, -0.15) is 0 Å². The van der Waals surface area contributed by atoms with Gasteiger partial charge >= 0.3 is 0 Å². The lowest BCUT2D eigenvalue weighted by atomic mass is 10.1. The summed E-state index contributed by atoms with van der Waals surface area (Å²) in [6, 6.07) is 6.37. The van der Waals surface area contributed by atoms with Gasteiger partial charge in [-0.1, -0.05) is 26.3 Å². The van der Waals surface area contributed by atoms with Crippen LogP contribution in [0.15, 0.2) is 30.6 Å². The zero-order valence-corrected chi connectivity index (χ0v) is 12.5. The maximum atomic E-state index is 13.3. The van der Waals surface area contributed by atoms with Crippen LogP contribution in [0.2, 0.25) is 0 Å². The molecule has 112 valence electrons. The molecular formula is C16H21FN4. The van der Waals surface area contributed by atoms with Crippen molar-refractivity contribution >= 4 is 17.3 Å². The first-order chi connectivity index (χ1) is 10.2. The van der Waals surface area contributed by atoms with Crippen LogP contribution < -0.4 is 10.6 Å². The van der Waals surface area contributed by atoms with Crippen LogP contribution in [-0.2, 0) is 6.42 Å². The molecule has 0 fully saturated rings. The highest BCUT2D eigenvalue weighted by Gasteiger charge is 2.11. The van der Waals surface area contributed by atoms with E-state index in [0.29, 0.717) is 5.69 Å². The summed E-state index contributed by atoms with van der Waals surface area (Å²) in [7, 11) is 0. The van der Waals surface area contributed by atoms with E-state index in [4.69, 9.17) is 0 Å². The quantitative estimate of drug-likeness (QED) is 0.804. The topological polar surface area (TPSA) is 49.8 Å². The van der Waals surface area contributed by atoms with E-state index < -0.39 is 0 Å². The number of aromatic nitrogens is 2. The predicted molar refractivity (Wildman–Crippen MR) is 84.5 cm³/mol. The molecule has 0 atom stereocenters. The van der Waals surface area contributed by atoms with E-state index in [2.05, 4.69) is 34.4 Å². The molecule has 0 radical (unpaired) electrons. The maximum absolute atomic E-state index is 13.3. The summed E-state index contributed by atoms with van der Waals surface area (Å²) in [4.78, 5) is 8.62. The van der Waals surface area contributed by atoms with Crippen molar-refractivity contribution < 1.29 is 4.39 Å². The molecule has 0 spiro atoms. The first kappa shape index (κ1) is 15.2. The molecule has 0 aliphatic heterocycles. The third-order valence-electron chi connectivity index (χ3n) is 3.08. The Morgan fingerprint density at radius 1 is 1.10 bits per heavy atom. The zero-order valence-electron chi connectivity index (χ0n) is 12.5. The molecule has 2 aromatic rings. The third kappa shape index (κ3) is 4.15. The van der Waals surface area contributed by atoms with E-state index in [9.17, 15) is 4.39 Å². The standard InChI is InChI=1S/C16H21FN4/c1-3-6-14-15(18-9-4-2)19-11-20-16(14)21-13-8-5-7-12(17)10-13/h5,7-8,10-11H,3-4,6,9H2,1-2H3,(H2,18,19,20,21). The van der Waals surface area contributed by atoms with Gasteiger partial charge in [-0.15, -0.1) is 0 Å². The highest BCUT2D eigenvalue weighted by atomic mass is 19.1. The number of rotatable bonds is 7. The van der Waals surface area contributed by atoms with Crippen LogP contribution in [0.4, 0.5) is 21.7 Å². The first-order valence-electron chi connectivity index (χ1n) is 7.35. The zero-order chi connectivity index (χ0) is 15.1. The highest BCUT2D eigenvalue weighted by Crippen LogP contribution is 2.25. The van der Waals surface area contributed by atoms with Crippen LogP contribution in [0.1, 0.15) is 32.3 Å². The van der Waals surface area contributed by atoms with Gasteiger partial charge < -0.3 is 10.6 Å². The molecule has 2 N–H and O–H groups in total. The van der Waals surface area contributed by atoms with Crippen molar-refractivity contribution in [1.82, 2.24) is 9.97 Å². The van der Waals surface area contributed by atoms with E-state index in [1.165, 1.54) is 18.5 Å². The lowest BCUT2D eigenvalue weighted by molar-refractivity contribution is 0.628. The third-order valence-corrected chi connectivity index (χ3v) is 3.08. The summed E-state index contributed by atoms with van der Waals surface area (Å²) in [6.07, 6.45) is 4.41. The van der Waals surface area contributed by atoms with Gasteiger partial charge in [-0.3, -0.25) is 0 Å². The van der Waals surface area contributed by atoms with Crippen molar-refractivity contribution in [3.05, 3.63) is 42.0 Å². The highest BCUT2D eigenvalue weighted by molar-refractivity contribution is 5.64. The molecular weight excluding hydrogens is 267 g/mol. The Morgan fingerprint density at radius 3 is 2.62 bits per heavy atom. The average molecular weight is 288 g/mol. The Bertz CT molecular complexity index is 586. The van der Waals surface area contributed by atoms with Crippen LogP contribution in [0.3, 0.4) is 0 Å². The molecule has 4 nitrogen and oxygen atoms in total. The minimum atomic E-state index is -0.268. The van der Waals surface area contributed by atoms with Gasteiger partial charge in [-0.25, -0.2) is 14.4 Å². The second kappa shape index (κ2) is 7.57. The molecule has 1 aromatic carbocycles. The van der Waals surface area contributed by atoms with Gasteiger partial charge in [0.1, 0.15) is 23.8 Å².